The molecule has 0 amide bonds. The van der Waals surface area contributed by atoms with E-state index in [-0.39, 0.29) is 74.4 Å². The van der Waals surface area contributed by atoms with Gasteiger partial charge in [0.25, 0.3) is 7.82 Å². The van der Waals surface area contributed by atoms with E-state index in [1.165, 1.54) is 0 Å². The van der Waals surface area contributed by atoms with Crippen molar-refractivity contribution < 1.29 is 89.9 Å². The van der Waals surface area contributed by atoms with Crippen molar-refractivity contribution >= 4 is 38.7 Å². The fourth-order valence-corrected chi connectivity index (χ4v) is 0. The molecular formula is H3KMgO8P2. The minimum atomic E-state index is -5.14. The normalized spacial score (nSPS) is 9.83. The van der Waals surface area contributed by atoms with Crippen LogP contribution in [0.3, 0.4) is 0 Å². The molecule has 0 atom stereocenters. The summed E-state index contributed by atoms with van der Waals surface area (Å²) in [6.45, 7) is 0. The summed E-state index contributed by atoms with van der Waals surface area (Å²) in [4.78, 5) is 47.2. The van der Waals surface area contributed by atoms with E-state index in [1.54, 1.807) is 0 Å². The predicted octanol–water partition coefficient (Wildman–Crippen LogP) is -7.13. The Morgan fingerprint density at radius 2 is 0.917 bits per heavy atom. The Labute approximate surface area is 126 Å². The van der Waals surface area contributed by atoms with Crippen LogP contribution in [0.2, 0.25) is 0 Å². The number of hydrogen-bond acceptors (Lipinski definition) is 5. The van der Waals surface area contributed by atoms with Gasteiger partial charge in [-0.3, -0.25) is 4.57 Å². The largest absolute Gasteiger partial charge is 2.00 e. The molecule has 0 aromatic carbocycles. The zero-order chi connectivity index (χ0) is 9.00. The fraction of sp³-hybridized carbons (Fsp3) is 0. The van der Waals surface area contributed by atoms with Crippen molar-refractivity contribution in [3.05, 3.63) is 0 Å². The van der Waals surface area contributed by atoms with Gasteiger partial charge in [0.1, 0.15) is 0 Å². The summed E-state index contributed by atoms with van der Waals surface area (Å²) >= 11 is 0. The molecule has 0 radical (unpaired) electrons. The van der Waals surface area contributed by atoms with Crippen LogP contribution in [0.25, 0.3) is 0 Å². The molecule has 12 heteroatoms. The number of phosphoric acid groups is 2. The van der Waals surface area contributed by atoms with Crippen LogP contribution >= 0.6 is 15.6 Å². The zero-order valence-corrected chi connectivity index (χ0v) is 12.3. The molecule has 64 valence electrons. The Morgan fingerprint density at radius 3 is 0.917 bits per heavy atom. The van der Waals surface area contributed by atoms with Crippen molar-refractivity contribution in [2.45, 2.75) is 0 Å². The van der Waals surface area contributed by atoms with Crippen LogP contribution < -0.4 is 66.1 Å². The summed E-state index contributed by atoms with van der Waals surface area (Å²) < 4.78 is 17.4. The minimum absolute atomic E-state index is 0. The Hall–Kier alpha value is 2.62. The summed E-state index contributed by atoms with van der Waals surface area (Å²) in [6.07, 6.45) is 0. The van der Waals surface area contributed by atoms with Gasteiger partial charge in [0.2, 0.25) is 0 Å². The van der Waals surface area contributed by atoms with E-state index in [4.69, 9.17) is 38.5 Å². The summed E-state index contributed by atoms with van der Waals surface area (Å²) in [7, 11) is -10.0. The Bertz CT molecular complexity index is 129. The third kappa shape index (κ3) is 248. The molecule has 12 heavy (non-hydrogen) atoms. The smallest absolute Gasteiger partial charge is 0.790 e. The Balaban J connectivity index is -0.0000000457. The molecule has 0 aliphatic heterocycles. The van der Waals surface area contributed by atoms with E-state index < -0.39 is 15.6 Å². The van der Waals surface area contributed by atoms with Gasteiger partial charge in [0, 0.05) is 0 Å². The Morgan fingerprint density at radius 1 is 0.917 bits per heavy atom. The van der Waals surface area contributed by atoms with Gasteiger partial charge < -0.3 is 33.9 Å². The van der Waals surface area contributed by atoms with Gasteiger partial charge in [0.05, 0.1) is 7.82 Å². The van der Waals surface area contributed by atoms with Crippen LogP contribution in [-0.2, 0) is 9.13 Å². The first-order chi connectivity index (χ1) is 4.00. The maximum absolute atomic E-state index is 8.77. The molecule has 0 heterocycles. The molecule has 0 aliphatic carbocycles. The molecule has 0 spiro atoms. The molecule has 0 aromatic rings. The molecule has 0 rings (SSSR count). The molecule has 0 saturated carbocycles. The second-order valence-electron chi connectivity index (χ2n) is 0.959. The summed E-state index contributed by atoms with van der Waals surface area (Å²) in [6, 6.07) is 0. The summed E-state index contributed by atoms with van der Waals surface area (Å²) in [5.41, 5.74) is 0. The molecule has 0 fully saturated rings. The topological polar surface area (TPSA) is 164 Å². The van der Waals surface area contributed by atoms with E-state index in [2.05, 4.69) is 0 Å². The Kier molecular flexibility index (Phi) is 20.3. The maximum Gasteiger partial charge on any atom is 2.00 e. The number of hydrogen-bond donors (Lipinski definition) is 3. The summed E-state index contributed by atoms with van der Waals surface area (Å²) in [5.74, 6) is 0. The molecule has 3 N–H and O–H groups in total. The van der Waals surface area contributed by atoms with Gasteiger partial charge in [-0.15, -0.1) is 0 Å². The molecule has 0 bridgehead atoms. The maximum atomic E-state index is 8.77. The third-order valence-electron chi connectivity index (χ3n) is 0. The molecule has 0 saturated heterocycles. The second-order valence-corrected chi connectivity index (χ2v) is 2.88. The van der Waals surface area contributed by atoms with E-state index in [0.717, 1.165) is 0 Å². The van der Waals surface area contributed by atoms with Crippen molar-refractivity contribution in [2.75, 3.05) is 0 Å². The van der Waals surface area contributed by atoms with Crippen molar-refractivity contribution in [1.29, 1.82) is 0 Å². The molecule has 0 unspecified atom stereocenters. The first-order valence-electron chi connectivity index (χ1n) is 1.51. The monoisotopic (exact) mass is 256 g/mol. The molecule has 0 aliphatic rings. The SMILES string of the molecule is O=P([O-])(O)O.O=P([O-])([O-])O.[K+].[Mg+2]. The van der Waals surface area contributed by atoms with Crippen LogP contribution in [0, 0.1) is 0 Å². The minimum Gasteiger partial charge on any atom is -0.790 e. The van der Waals surface area contributed by atoms with Crippen molar-refractivity contribution in [3.63, 3.8) is 0 Å². The fourth-order valence-electron chi connectivity index (χ4n) is 0. The zero-order valence-electron chi connectivity index (χ0n) is 5.98. The second kappa shape index (κ2) is 10.2. The van der Waals surface area contributed by atoms with E-state index in [9.17, 15) is 0 Å². The van der Waals surface area contributed by atoms with Crippen molar-refractivity contribution in [3.8, 4) is 0 Å². The van der Waals surface area contributed by atoms with Crippen LogP contribution in [-0.4, -0.2) is 37.7 Å². The average Bonchev–Trinajstić information content (AvgIpc) is 1.12. The third-order valence-corrected chi connectivity index (χ3v) is 0. The first kappa shape index (κ1) is 24.0. The van der Waals surface area contributed by atoms with Crippen molar-refractivity contribution in [2.24, 2.45) is 0 Å². The van der Waals surface area contributed by atoms with Crippen LogP contribution in [0.15, 0.2) is 0 Å². The van der Waals surface area contributed by atoms with Gasteiger partial charge in [0.15, 0.2) is 0 Å². The van der Waals surface area contributed by atoms with Crippen LogP contribution in [0.4, 0.5) is 0 Å². The van der Waals surface area contributed by atoms with Gasteiger partial charge in [-0.25, -0.2) is 0 Å². The van der Waals surface area contributed by atoms with Crippen molar-refractivity contribution in [1.82, 2.24) is 0 Å². The van der Waals surface area contributed by atoms with Gasteiger partial charge in [-0.05, 0) is 0 Å². The van der Waals surface area contributed by atoms with Crippen LogP contribution in [0.5, 0.6) is 0 Å². The van der Waals surface area contributed by atoms with Crippen LogP contribution in [0.1, 0.15) is 0 Å². The van der Waals surface area contributed by atoms with Gasteiger partial charge in [-0.2, -0.15) is 0 Å². The first-order valence-corrected chi connectivity index (χ1v) is 4.54. The van der Waals surface area contributed by atoms with Gasteiger partial charge >= 0.3 is 74.4 Å². The molecule has 8 nitrogen and oxygen atoms in total. The average molecular weight is 256 g/mol. The quantitative estimate of drug-likeness (QED) is 0.284. The summed E-state index contributed by atoms with van der Waals surface area (Å²) in [5, 5.41) is 0. The molecule has 0 aromatic heterocycles. The molecular weight excluding hydrogens is 253 g/mol. The predicted molar refractivity (Wildman–Crippen MR) is 27.6 cm³/mol. The van der Waals surface area contributed by atoms with E-state index in [0.29, 0.717) is 0 Å². The van der Waals surface area contributed by atoms with E-state index >= 15 is 0 Å². The standard InChI is InChI=1S/K.Mg.2H3O4P/c;;2*1-5(2,3)4/h;;2*(H3,1,2,3,4)/q+1;+2;;/p-3. The number of rotatable bonds is 0. The van der Waals surface area contributed by atoms with Gasteiger partial charge in [-0.1, -0.05) is 0 Å². The van der Waals surface area contributed by atoms with E-state index in [1.807, 2.05) is 0 Å².